The van der Waals surface area contributed by atoms with Gasteiger partial charge < -0.3 is 5.11 Å². The number of para-hydroxylation sites is 1. The van der Waals surface area contributed by atoms with Crippen molar-refractivity contribution >= 4 is 28.1 Å². The molecule has 0 aliphatic heterocycles. The molecule has 1 atom stereocenters. The minimum absolute atomic E-state index is 0.0128. The van der Waals surface area contributed by atoms with Gasteiger partial charge in [0.15, 0.2) is 0 Å². The molecule has 6 heteroatoms. The second-order valence-electron chi connectivity index (χ2n) is 6.87. The number of anilines is 2. The van der Waals surface area contributed by atoms with Crippen LogP contribution >= 0.6 is 11.3 Å². The summed E-state index contributed by atoms with van der Waals surface area (Å²) in [5, 5.41) is 18.0. The van der Waals surface area contributed by atoms with Crippen molar-refractivity contribution in [3.63, 3.8) is 0 Å². The number of aliphatic hydroxyl groups is 1. The van der Waals surface area contributed by atoms with Gasteiger partial charge >= 0.3 is 0 Å². The summed E-state index contributed by atoms with van der Waals surface area (Å²) in [6.07, 6.45) is 1.33. The number of carbonyl (C=O) groups is 1. The van der Waals surface area contributed by atoms with Crippen LogP contribution in [0.15, 0.2) is 54.0 Å². The Hall–Kier alpha value is -2.57. The maximum absolute atomic E-state index is 13.6. The molecule has 4 rings (SSSR count). The molecule has 132 valence electrons. The van der Waals surface area contributed by atoms with E-state index in [4.69, 9.17) is 0 Å². The van der Waals surface area contributed by atoms with Gasteiger partial charge in [-0.2, -0.15) is 0 Å². The van der Waals surface area contributed by atoms with Crippen LogP contribution in [0.4, 0.5) is 10.8 Å². The van der Waals surface area contributed by atoms with Crippen molar-refractivity contribution in [2.24, 2.45) is 5.41 Å². The fourth-order valence-corrected chi connectivity index (χ4v) is 4.17. The number of hydrogen-bond donors (Lipinski definition) is 1. The molecule has 26 heavy (non-hydrogen) atoms. The van der Waals surface area contributed by atoms with Gasteiger partial charge in [0.2, 0.25) is 11.0 Å². The lowest BCUT2D eigenvalue weighted by Gasteiger charge is -2.29. The maximum Gasteiger partial charge on any atom is 0.240 e. The van der Waals surface area contributed by atoms with E-state index in [9.17, 15) is 9.90 Å². The maximum atomic E-state index is 13.6. The largest absolute Gasteiger partial charge is 0.392 e. The lowest BCUT2D eigenvalue weighted by Crippen LogP contribution is -2.40. The molecule has 1 amide bonds. The fraction of sp³-hybridized carbons (Fsp3) is 0.250. The van der Waals surface area contributed by atoms with Gasteiger partial charge in [-0.15, -0.1) is 10.2 Å². The minimum atomic E-state index is -0.558. The molecule has 5 nitrogen and oxygen atoms in total. The van der Waals surface area contributed by atoms with Crippen molar-refractivity contribution in [1.82, 2.24) is 10.2 Å². The van der Waals surface area contributed by atoms with E-state index in [1.54, 1.807) is 10.4 Å². The van der Waals surface area contributed by atoms with E-state index < -0.39 is 5.41 Å². The first-order chi connectivity index (χ1) is 12.6. The van der Waals surface area contributed by atoms with E-state index in [1.807, 2.05) is 55.5 Å². The summed E-state index contributed by atoms with van der Waals surface area (Å²) in [5.74, 6) is 0.0159. The van der Waals surface area contributed by atoms with E-state index in [1.165, 1.54) is 16.9 Å². The number of fused-ring (bicyclic) bond motifs is 1. The van der Waals surface area contributed by atoms with Crippen molar-refractivity contribution in [2.45, 2.75) is 26.4 Å². The zero-order chi connectivity index (χ0) is 18.1. The second-order valence-corrected chi connectivity index (χ2v) is 7.68. The number of aliphatic hydroxyl groups excluding tert-OH is 1. The molecule has 0 fully saturated rings. The first-order valence-electron chi connectivity index (χ1n) is 8.48. The van der Waals surface area contributed by atoms with E-state index in [-0.39, 0.29) is 12.5 Å². The molecule has 0 radical (unpaired) electrons. The minimum Gasteiger partial charge on any atom is -0.392 e. The molecule has 3 aromatic rings. The van der Waals surface area contributed by atoms with Crippen LogP contribution in [0.5, 0.6) is 0 Å². The van der Waals surface area contributed by atoms with Crippen molar-refractivity contribution < 1.29 is 9.90 Å². The molecular formula is C20H19N3O2S. The molecular weight excluding hydrogens is 346 g/mol. The van der Waals surface area contributed by atoms with Gasteiger partial charge in [0, 0.05) is 0 Å². The Morgan fingerprint density at radius 3 is 2.65 bits per heavy atom. The Balaban J connectivity index is 1.70. The van der Waals surface area contributed by atoms with Crippen LogP contribution in [0.1, 0.15) is 23.6 Å². The number of hydrogen-bond acceptors (Lipinski definition) is 5. The first-order valence-corrected chi connectivity index (χ1v) is 9.36. The Morgan fingerprint density at radius 2 is 1.96 bits per heavy atom. The summed E-state index contributed by atoms with van der Waals surface area (Å²) < 4.78 is 0. The van der Waals surface area contributed by atoms with Gasteiger partial charge in [-0.1, -0.05) is 54.7 Å². The highest BCUT2D eigenvalue weighted by Gasteiger charge is 2.43. The lowest BCUT2D eigenvalue weighted by atomic mass is 9.85. The molecule has 0 spiro atoms. The van der Waals surface area contributed by atoms with Crippen LogP contribution in [-0.4, -0.2) is 21.2 Å². The van der Waals surface area contributed by atoms with Crippen molar-refractivity contribution in [1.29, 1.82) is 0 Å². The van der Waals surface area contributed by atoms with Gasteiger partial charge in [-0.3, -0.25) is 9.69 Å². The number of carbonyl (C=O) groups excluding carboxylic acids is 1. The molecule has 0 bridgehead atoms. The zero-order valence-electron chi connectivity index (χ0n) is 14.4. The van der Waals surface area contributed by atoms with E-state index >= 15 is 0 Å². The third-order valence-corrected chi connectivity index (χ3v) is 5.56. The predicted molar refractivity (Wildman–Crippen MR) is 101 cm³/mol. The Morgan fingerprint density at radius 1 is 1.19 bits per heavy atom. The van der Waals surface area contributed by atoms with Gasteiger partial charge in [0.25, 0.3) is 0 Å². The quantitative estimate of drug-likeness (QED) is 0.768. The zero-order valence-corrected chi connectivity index (χ0v) is 15.2. The van der Waals surface area contributed by atoms with Crippen molar-refractivity contribution in [3.8, 4) is 0 Å². The van der Waals surface area contributed by atoms with Gasteiger partial charge in [-0.05, 0) is 41.7 Å². The Kier molecular flexibility index (Phi) is 4.30. The first kappa shape index (κ1) is 16.9. The SMILES string of the molecule is CC1(C(=O)N(c2ccccc2)c2nncs2)Cc2ccc(CO)cc2C1. The summed E-state index contributed by atoms with van der Waals surface area (Å²) in [5.41, 5.74) is 5.06. The summed E-state index contributed by atoms with van der Waals surface area (Å²) in [6.45, 7) is 2.02. The molecule has 1 aliphatic carbocycles. The fourth-order valence-electron chi connectivity index (χ4n) is 3.60. The van der Waals surface area contributed by atoms with Crippen LogP contribution in [0.2, 0.25) is 0 Å². The van der Waals surface area contributed by atoms with Crippen molar-refractivity contribution in [2.75, 3.05) is 4.90 Å². The Bertz CT molecular complexity index is 927. The number of rotatable bonds is 4. The van der Waals surface area contributed by atoms with Gasteiger partial charge in [-0.25, -0.2) is 0 Å². The highest BCUT2D eigenvalue weighted by atomic mass is 32.1. The summed E-state index contributed by atoms with van der Waals surface area (Å²) >= 11 is 1.35. The summed E-state index contributed by atoms with van der Waals surface area (Å²) in [6, 6.07) is 15.5. The van der Waals surface area contributed by atoms with Crippen molar-refractivity contribution in [3.05, 3.63) is 70.7 Å². The summed E-state index contributed by atoms with van der Waals surface area (Å²) in [4.78, 5) is 15.3. The Labute approximate surface area is 155 Å². The third-order valence-electron chi connectivity index (χ3n) is 4.89. The van der Waals surface area contributed by atoms with Crippen LogP contribution in [0.3, 0.4) is 0 Å². The van der Waals surface area contributed by atoms with Gasteiger partial charge in [0.05, 0.1) is 17.7 Å². The van der Waals surface area contributed by atoms with Crippen LogP contribution < -0.4 is 4.90 Å². The molecule has 1 N–H and O–H groups in total. The summed E-state index contributed by atoms with van der Waals surface area (Å²) in [7, 11) is 0. The van der Waals surface area contributed by atoms with E-state index in [0.717, 1.165) is 16.8 Å². The molecule has 0 saturated heterocycles. The predicted octanol–water partition coefficient (Wildman–Crippen LogP) is 3.50. The standard InChI is InChI=1S/C20H19N3O2S/c1-20(10-15-8-7-14(12-24)9-16(15)11-20)18(25)23(19-22-21-13-26-19)17-5-3-2-4-6-17/h2-9,13,24H,10-12H2,1H3. The van der Waals surface area contributed by atoms with Gasteiger partial charge in [0.1, 0.15) is 5.51 Å². The number of amides is 1. The number of aromatic nitrogens is 2. The number of benzene rings is 2. The third kappa shape index (κ3) is 2.91. The molecule has 2 aromatic carbocycles. The molecule has 1 aliphatic rings. The van der Waals surface area contributed by atoms with E-state index in [2.05, 4.69) is 10.2 Å². The molecule has 1 unspecified atom stereocenters. The highest BCUT2D eigenvalue weighted by Crippen LogP contribution is 2.41. The average molecular weight is 365 g/mol. The van der Waals surface area contributed by atoms with E-state index in [0.29, 0.717) is 18.0 Å². The number of nitrogens with zero attached hydrogens (tertiary/aromatic N) is 3. The van der Waals surface area contributed by atoms with Crippen LogP contribution in [0, 0.1) is 5.41 Å². The molecule has 0 saturated carbocycles. The lowest BCUT2D eigenvalue weighted by molar-refractivity contribution is -0.126. The highest BCUT2D eigenvalue weighted by molar-refractivity contribution is 7.13. The van der Waals surface area contributed by atoms with Crippen LogP contribution in [-0.2, 0) is 24.2 Å². The molecule has 1 aromatic heterocycles. The smallest absolute Gasteiger partial charge is 0.240 e. The average Bonchev–Trinajstić information content (AvgIpc) is 3.29. The second kappa shape index (κ2) is 6.63. The topological polar surface area (TPSA) is 66.3 Å². The monoisotopic (exact) mass is 365 g/mol. The van der Waals surface area contributed by atoms with Crippen LogP contribution in [0.25, 0.3) is 0 Å². The molecule has 1 heterocycles. The normalized spacial score (nSPS) is 18.5.